The number of pyridine rings is 6. The van der Waals surface area contributed by atoms with Crippen LogP contribution in [0.2, 0.25) is 0 Å². The van der Waals surface area contributed by atoms with Gasteiger partial charge in [-0.1, -0.05) is 218 Å². The van der Waals surface area contributed by atoms with Crippen LogP contribution in [0.4, 0.5) is 0 Å². The topological polar surface area (TPSA) is 262 Å². The molecule has 0 bridgehead atoms. The number of aromatic nitrogens is 6. The minimum absolute atomic E-state index is 0. The molecule has 0 fully saturated rings. The summed E-state index contributed by atoms with van der Waals surface area (Å²) in [5, 5.41) is 6.77. The fourth-order valence-electron chi connectivity index (χ4n) is 10.7. The van der Waals surface area contributed by atoms with Crippen LogP contribution in [-0.4, -0.2) is 29.9 Å². The van der Waals surface area contributed by atoms with E-state index in [4.69, 9.17) is 37.3 Å². The van der Waals surface area contributed by atoms with E-state index in [0.717, 1.165) is 65.4 Å². The molecule has 9 aromatic carbocycles. The van der Waals surface area contributed by atoms with Crippen molar-refractivity contribution in [1.29, 1.82) is 0 Å². The van der Waals surface area contributed by atoms with E-state index in [-0.39, 0.29) is 17.1 Å². The zero-order valence-corrected chi connectivity index (χ0v) is 49.4. The first-order chi connectivity index (χ1) is 42.7. The van der Waals surface area contributed by atoms with Crippen molar-refractivity contribution in [1.82, 2.24) is 29.9 Å². The van der Waals surface area contributed by atoms with Gasteiger partial charge in [0, 0.05) is 69.5 Å². The van der Waals surface area contributed by atoms with Crippen LogP contribution in [0, 0.1) is 20.5 Å². The summed E-state index contributed by atoms with van der Waals surface area (Å²) < 4.78 is 67.9. The second kappa shape index (κ2) is 28.4. The molecule has 0 saturated carbocycles. The zero-order chi connectivity index (χ0) is 61.0. The molecule has 0 saturated heterocycles. The molecule has 436 valence electrons. The smallest absolute Gasteiger partial charge is 0.254 e. The van der Waals surface area contributed by atoms with Crippen LogP contribution in [0.25, 0.3) is 132 Å². The fraction of sp³-hybridized carbons (Fsp3) is 0. The van der Waals surface area contributed by atoms with Crippen LogP contribution in [0.3, 0.4) is 0 Å². The number of nitrogens with zero attached hydrogens (tertiary/aromatic N) is 6. The maximum absolute atomic E-state index is 8.49. The van der Waals surface area contributed by atoms with Gasteiger partial charge < -0.3 is 0 Å². The first-order valence-corrected chi connectivity index (χ1v) is 29.8. The third-order valence-corrected chi connectivity index (χ3v) is 14.4. The molecule has 0 N–H and O–H groups in total. The Labute approximate surface area is 525 Å². The Morgan fingerprint density at radius 3 is 0.427 bits per heavy atom. The summed E-state index contributed by atoms with van der Waals surface area (Å²) in [4.78, 5) is 28.0. The van der Waals surface area contributed by atoms with Crippen LogP contribution in [0.15, 0.2) is 292 Å². The maximum atomic E-state index is 8.49. The van der Waals surface area contributed by atoms with Gasteiger partial charge in [-0.25, -0.2) is 37.3 Å². The molecule has 0 aliphatic heterocycles. The van der Waals surface area contributed by atoms with Gasteiger partial charge in [0.25, 0.3) is 0 Å². The SMILES string of the molecule is [Fe+2].[O-][Cl+3]([O-])([O-])[O-].[O-][Cl+3]([O-])([O-])[O-].c1ccc(-c2ccnc3c2ccc2c(-c4ccccc4)ccnc23)cc1.c1ccc(-c2ccnc3c2ccc2c(-c4ccccc4)ccnc23)cc1.c1ccc(-c2ccnc3c2ccc2c(-c4ccccc4)ccnc23)cc1. The Balaban J connectivity index is 0.000000136. The molecule has 17 heteroatoms. The molecule has 0 spiro atoms. The molecule has 15 aromatic rings. The van der Waals surface area contributed by atoms with E-state index in [1.807, 2.05) is 73.6 Å². The average Bonchev–Trinajstić information content (AvgIpc) is 0.830. The molecule has 0 amide bonds. The van der Waals surface area contributed by atoms with E-state index in [1.165, 1.54) is 66.8 Å². The summed E-state index contributed by atoms with van der Waals surface area (Å²) in [5.41, 5.74) is 19.9. The van der Waals surface area contributed by atoms with Gasteiger partial charge in [0.05, 0.1) is 33.1 Å². The van der Waals surface area contributed by atoms with E-state index in [2.05, 4.69) is 248 Å². The molecule has 0 atom stereocenters. The predicted octanol–water partition coefficient (Wildman–Crippen LogP) is 8.84. The zero-order valence-electron chi connectivity index (χ0n) is 46.8. The van der Waals surface area contributed by atoms with Crippen molar-refractivity contribution in [3.05, 3.63) is 292 Å². The first-order valence-electron chi connectivity index (χ1n) is 27.3. The third-order valence-electron chi connectivity index (χ3n) is 14.4. The molecule has 0 aliphatic carbocycles. The molecule has 0 aliphatic rings. The van der Waals surface area contributed by atoms with E-state index in [1.54, 1.807) is 0 Å². The van der Waals surface area contributed by atoms with Gasteiger partial charge in [-0.05, 0) is 103 Å². The van der Waals surface area contributed by atoms with Gasteiger partial charge in [0.2, 0.25) is 0 Å². The van der Waals surface area contributed by atoms with Crippen molar-refractivity contribution >= 4 is 65.4 Å². The summed E-state index contributed by atoms with van der Waals surface area (Å²) in [6.07, 6.45) is 11.3. The van der Waals surface area contributed by atoms with E-state index >= 15 is 0 Å². The van der Waals surface area contributed by atoms with Crippen LogP contribution in [-0.2, 0) is 17.1 Å². The summed E-state index contributed by atoms with van der Waals surface area (Å²) in [7, 11) is -9.89. The quantitative estimate of drug-likeness (QED) is 0.111. The third kappa shape index (κ3) is 15.1. The fourth-order valence-corrected chi connectivity index (χ4v) is 10.7. The van der Waals surface area contributed by atoms with Crippen molar-refractivity contribution in [2.45, 2.75) is 0 Å². The van der Waals surface area contributed by atoms with Crippen LogP contribution in [0.1, 0.15) is 0 Å². The summed E-state index contributed by atoms with van der Waals surface area (Å²) in [5.74, 6) is 0. The molecular weight excluding hydrogens is 1200 g/mol. The Bertz CT molecular complexity index is 4060. The Hall–Kier alpha value is -9.78. The summed E-state index contributed by atoms with van der Waals surface area (Å²) >= 11 is 0. The number of halogens is 2. The molecule has 0 unspecified atom stereocenters. The first kappa shape index (κ1) is 62.3. The van der Waals surface area contributed by atoms with Crippen molar-refractivity contribution < 1.29 is 74.8 Å². The van der Waals surface area contributed by atoms with Crippen LogP contribution >= 0.6 is 0 Å². The van der Waals surface area contributed by atoms with Gasteiger partial charge in [0.1, 0.15) is 0 Å². The number of rotatable bonds is 6. The maximum Gasteiger partial charge on any atom is 2.00 e. The van der Waals surface area contributed by atoms with Crippen molar-refractivity contribution in [3.8, 4) is 66.8 Å². The van der Waals surface area contributed by atoms with E-state index < -0.39 is 20.5 Å². The molecule has 6 heterocycles. The molecule has 14 nitrogen and oxygen atoms in total. The largest absolute Gasteiger partial charge is 2.00 e. The van der Waals surface area contributed by atoms with Gasteiger partial charge >= 0.3 is 17.1 Å². The predicted molar refractivity (Wildman–Crippen MR) is 324 cm³/mol. The van der Waals surface area contributed by atoms with Crippen LogP contribution < -0.4 is 37.3 Å². The molecule has 15 rings (SSSR count). The molecule has 6 aromatic heterocycles. The normalized spacial score (nSPS) is 11.1. The van der Waals surface area contributed by atoms with Gasteiger partial charge in [-0.3, -0.25) is 29.9 Å². The Morgan fingerprint density at radius 2 is 0.303 bits per heavy atom. The average molecular weight is 1250 g/mol. The standard InChI is InChI=1S/3C24H16N2.2ClHO4.Fe/c3*1-3-7-17(8-4-1)19-13-15-25-23-21(19)11-12-22-20(14-16-26-24(22)23)18-9-5-2-6-10-18;2*2-1(3,4)5;/h3*1-16H;2*(H,2,3,4,5);/q;;;;;+2/p-2. The van der Waals surface area contributed by atoms with Gasteiger partial charge in [0.15, 0.2) is 0 Å². The minimum atomic E-state index is -4.94. The van der Waals surface area contributed by atoms with Crippen LogP contribution in [0.5, 0.6) is 0 Å². The van der Waals surface area contributed by atoms with Crippen molar-refractivity contribution in [2.24, 2.45) is 0 Å². The number of hydrogen-bond donors (Lipinski definition) is 0. The Kier molecular flexibility index (Phi) is 19.9. The number of hydrogen-bond acceptors (Lipinski definition) is 14. The van der Waals surface area contributed by atoms with Gasteiger partial charge in [-0.15, -0.1) is 20.5 Å². The molecular formula is C72H48Cl2FeN6O8. The minimum Gasteiger partial charge on any atom is -0.254 e. The number of benzene rings is 9. The summed E-state index contributed by atoms with van der Waals surface area (Å²) in [6.45, 7) is 0. The monoisotopic (exact) mass is 1250 g/mol. The Morgan fingerprint density at radius 1 is 0.180 bits per heavy atom. The molecule has 89 heavy (non-hydrogen) atoms. The second-order valence-electron chi connectivity index (χ2n) is 19.7. The van der Waals surface area contributed by atoms with Crippen molar-refractivity contribution in [2.75, 3.05) is 0 Å². The van der Waals surface area contributed by atoms with E-state index in [9.17, 15) is 0 Å². The van der Waals surface area contributed by atoms with Crippen molar-refractivity contribution in [3.63, 3.8) is 0 Å². The second-order valence-corrected chi connectivity index (χ2v) is 21.2. The number of fused-ring (bicyclic) bond motifs is 9. The van der Waals surface area contributed by atoms with E-state index in [0.29, 0.717) is 0 Å². The van der Waals surface area contributed by atoms with Gasteiger partial charge in [-0.2, -0.15) is 0 Å². The molecule has 0 radical (unpaired) electrons. The summed E-state index contributed by atoms with van der Waals surface area (Å²) in [6, 6.07) is 88.0.